The molecular weight excluding hydrogens is 196 g/mol. The lowest BCUT2D eigenvalue weighted by Gasteiger charge is -2.18. The normalized spacial score (nSPS) is 14.0. The van der Waals surface area contributed by atoms with Gasteiger partial charge in [0.15, 0.2) is 0 Å². The Kier molecular flexibility index (Phi) is 2.33. The third-order valence-electron chi connectivity index (χ3n) is 3.06. The minimum atomic E-state index is 1.10. The summed E-state index contributed by atoms with van der Waals surface area (Å²) >= 11 is 0. The quantitative estimate of drug-likeness (QED) is 0.782. The Labute approximate surface area is 95.3 Å². The number of benzene rings is 1. The van der Waals surface area contributed by atoms with E-state index in [0.29, 0.717) is 0 Å². The first-order chi connectivity index (χ1) is 7.93. The van der Waals surface area contributed by atoms with Gasteiger partial charge in [-0.3, -0.25) is 4.98 Å². The van der Waals surface area contributed by atoms with E-state index in [1.807, 2.05) is 12.4 Å². The largest absolute Gasteiger partial charge is 0.385 e. The van der Waals surface area contributed by atoms with Crippen LogP contribution in [0, 0.1) is 0 Å². The highest BCUT2D eigenvalue weighted by Gasteiger charge is 2.09. The van der Waals surface area contributed by atoms with Crippen LogP contribution in [0.1, 0.15) is 12.0 Å². The van der Waals surface area contributed by atoms with Gasteiger partial charge in [0.1, 0.15) is 0 Å². The number of aromatic nitrogens is 1. The van der Waals surface area contributed by atoms with Gasteiger partial charge < -0.3 is 5.32 Å². The number of rotatable bonds is 1. The van der Waals surface area contributed by atoms with Gasteiger partial charge in [0, 0.05) is 24.6 Å². The molecule has 3 rings (SSSR count). The molecule has 16 heavy (non-hydrogen) atoms. The van der Waals surface area contributed by atoms with Crippen LogP contribution in [0.25, 0.3) is 11.1 Å². The molecule has 0 amide bonds. The summed E-state index contributed by atoms with van der Waals surface area (Å²) in [5.74, 6) is 0. The van der Waals surface area contributed by atoms with Gasteiger partial charge >= 0.3 is 0 Å². The molecule has 0 bridgehead atoms. The van der Waals surface area contributed by atoms with Crippen LogP contribution in [0.5, 0.6) is 0 Å². The maximum atomic E-state index is 4.05. The molecule has 0 unspecified atom stereocenters. The molecular formula is C14H14N2. The lowest BCUT2D eigenvalue weighted by molar-refractivity contribution is 0.830. The smallest absolute Gasteiger partial charge is 0.0373 e. The molecule has 1 N–H and O–H groups in total. The molecule has 2 heterocycles. The van der Waals surface area contributed by atoms with E-state index < -0.39 is 0 Å². The number of hydrogen-bond acceptors (Lipinski definition) is 2. The molecule has 0 aliphatic carbocycles. The van der Waals surface area contributed by atoms with Crippen molar-refractivity contribution < 1.29 is 0 Å². The van der Waals surface area contributed by atoms with E-state index in [4.69, 9.17) is 0 Å². The number of nitrogens with zero attached hydrogens (tertiary/aromatic N) is 1. The van der Waals surface area contributed by atoms with Crippen molar-refractivity contribution in [2.45, 2.75) is 12.8 Å². The molecule has 0 spiro atoms. The fourth-order valence-corrected chi connectivity index (χ4v) is 2.20. The molecule has 80 valence electrons. The highest BCUT2D eigenvalue weighted by atomic mass is 14.9. The average Bonchev–Trinajstić information content (AvgIpc) is 2.39. The van der Waals surface area contributed by atoms with Crippen molar-refractivity contribution in [1.82, 2.24) is 4.98 Å². The van der Waals surface area contributed by atoms with Crippen LogP contribution in [0.2, 0.25) is 0 Å². The molecule has 1 aromatic carbocycles. The number of nitrogens with one attached hydrogen (secondary N) is 1. The number of pyridine rings is 1. The summed E-state index contributed by atoms with van der Waals surface area (Å²) in [5.41, 5.74) is 5.25. The van der Waals surface area contributed by atoms with Gasteiger partial charge in [0.25, 0.3) is 0 Å². The zero-order chi connectivity index (χ0) is 10.8. The summed E-state index contributed by atoms with van der Waals surface area (Å²) < 4.78 is 0. The summed E-state index contributed by atoms with van der Waals surface area (Å²) in [4.78, 5) is 4.05. The fraction of sp³-hybridized carbons (Fsp3) is 0.214. The number of fused-ring (bicyclic) bond motifs is 1. The minimum absolute atomic E-state index is 1.10. The van der Waals surface area contributed by atoms with Gasteiger partial charge in [0.05, 0.1) is 0 Å². The van der Waals surface area contributed by atoms with Crippen LogP contribution in [0.3, 0.4) is 0 Å². The van der Waals surface area contributed by atoms with E-state index in [1.165, 1.54) is 35.2 Å². The van der Waals surface area contributed by atoms with Gasteiger partial charge in [-0.15, -0.1) is 0 Å². The Bertz CT molecular complexity index is 491. The topological polar surface area (TPSA) is 24.9 Å². The zero-order valence-electron chi connectivity index (χ0n) is 9.11. The van der Waals surface area contributed by atoms with E-state index in [-0.39, 0.29) is 0 Å². The Morgan fingerprint density at radius 3 is 2.75 bits per heavy atom. The van der Waals surface area contributed by atoms with Crippen LogP contribution < -0.4 is 5.32 Å². The third-order valence-corrected chi connectivity index (χ3v) is 3.06. The lowest BCUT2D eigenvalue weighted by Crippen LogP contribution is -2.11. The predicted octanol–water partition coefficient (Wildman–Crippen LogP) is 3.11. The van der Waals surface area contributed by atoms with Crippen molar-refractivity contribution in [2.75, 3.05) is 11.9 Å². The summed E-state index contributed by atoms with van der Waals surface area (Å²) in [5, 5.41) is 3.43. The molecule has 0 saturated heterocycles. The van der Waals surface area contributed by atoms with Crippen molar-refractivity contribution in [3.05, 3.63) is 48.3 Å². The summed E-state index contributed by atoms with van der Waals surface area (Å²) in [7, 11) is 0. The van der Waals surface area contributed by atoms with Gasteiger partial charge in [-0.1, -0.05) is 6.07 Å². The Hall–Kier alpha value is -1.83. The Balaban J connectivity index is 2.03. The first-order valence-corrected chi connectivity index (χ1v) is 5.71. The highest BCUT2D eigenvalue weighted by Crippen LogP contribution is 2.27. The average molecular weight is 210 g/mol. The molecule has 2 heteroatoms. The van der Waals surface area contributed by atoms with Crippen LogP contribution in [-0.4, -0.2) is 11.5 Å². The first-order valence-electron chi connectivity index (χ1n) is 5.71. The monoisotopic (exact) mass is 210 g/mol. The van der Waals surface area contributed by atoms with E-state index >= 15 is 0 Å². The molecule has 0 saturated carbocycles. The number of aryl methyl sites for hydroxylation is 1. The predicted molar refractivity (Wildman–Crippen MR) is 66.5 cm³/mol. The molecule has 1 aliphatic heterocycles. The fourth-order valence-electron chi connectivity index (χ4n) is 2.20. The summed E-state index contributed by atoms with van der Waals surface area (Å²) in [6, 6.07) is 10.8. The van der Waals surface area contributed by atoms with E-state index in [2.05, 4.69) is 40.6 Å². The molecule has 0 fully saturated rings. The van der Waals surface area contributed by atoms with E-state index in [0.717, 1.165) is 6.54 Å². The van der Waals surface area contributed by atoms with Gasteiger partial charge in [-0.05, 0) is 53.8 Å². The minimum Gasteiger partial charge on any atom is -0.385 e. The molecule has 1 aliphatic rings. The van der Waals surface area contributed by atoms with Crippen LogP contribution in [0.4, 0.5) is 5.69 Å². The summed E-state index contributed by atoms with van der Waals surface area (Å²) in [6.45, 7) is 1.10. The van der Waals surface area contributed by atoms with Crippen molar-refractivity contribution in [1.29, 1.82) is 0 Å². The van der Waals surface area contributed by atoms with Crippen molar-refractivity contribution in [2.24, 2.45) is 0 Å². The standard InChI is InChI=1S/C14H14N2/c1-2-13-10-12(3-4-14(13)16-7-1)11-5-8-15-9-6-11/h3-6,8-10,16H,1-2,7H2. The van der Waals surface area contributed by atoms with Gasteiger partial charge in [-0.2, -0.15) is 0 Å². The van der Waals surface area contributed by atoms with E-state index in [9.17, 15) is 0 Å². The van der Waals surface area contributed by atoms with Crippen LogP contribution in [-0.2, 0) is 6.42 Å². The Morgan fingerprint density at radius 1 is 1.00 bits per heavy atom. The van der Waals surface area contributed by atoms with Crippen LogP contribution in [0.15, 0.2) is 42.7 Å². The van der Waals surface area contributed by atoms with Crippen molar-refractivity contribution in [3.8, 4) is 11.1 Å². The number of hydrogen-bond donors (Lipinski definition) is 1. The van der Waals surface area contributed by atoms with E-state index in [1.54, 1.807) is 0 Å². The molecule has 1 aromatic heterocycles. The third kappa shape index (κ3) is 1.67. The number of anilines is 1. The highest BCUT2D eigenvalue weighted by molar-refractivity contribution is 5.68. The maximum absolute atomic E-state index is 4.05. The van der Waals surface area contributed by atoms with Crippen molar-refractivity contribution in [3.63, 3.8) is 0 Å². The zero-order valence-corrected chi connectivity index (χ0v) is 9.11. The molecule has 2 nitrogen and oxygen atoms in total. The SMILES string of the molecule is c1cc(-c2ccc3c(c2)CCCN3)ccn1. The second-order valence-electron chi connectivity index (χ2n) is 4.14. The summed E-state index contributed by atoms with van der Waals surface area (Å²) in [6.07, 6.45) is 6.09. The van der Waals surface area contributed by atoms with Crippen molar-refractivity contribution >= 4 is 5.69 Å². The molecule has 0 atom stereocenters. The first kappa shape index (κ1) is 9.40. The molecule has 2 aromatic rings. The Morgan fingerprint density at radius 2 is 1.88 bits per heavy atom. The second kappa shape index (κ2) is 3.97. The lowest BCUT2D eigenvalue weighted by atomic mass is 9.98. The van der Waals surface area contributed by atoms with Crippen LogP contribution >= 0.6 is 0 Å². The molecule has 0 radical (unpaired) electrons. The second-order valence-corrected chi connectivity index (χ2v) is 4.14. The van der Waals surface area contributed by atoms with Gasteiger partial charge in [0.2, 0.25) is 0 Å². The van der Waals surface area contributed by atoms with Gasteiger partial charge in [-0.25, -0.2) is 0 Å². The maximum Gasteiger partial charge on any atom is 0.0373 e.